The maximum absolute atomic E-state index is 12.8. The molecule has 1 atom stereocenters. The van der Waals surface area contributed by atoms with Crippen LogP contribution in [0.15, 0.2) is 24.4 Å². The fourth-order valence-electron chi connectivity index (χ4n) is 2.25. The Labute approximate surface area is 109 Å². The van der Waals surface area contributed by atoms with Crippen molar-refractivity contribution >= 4 is 10.9 Å². The summed E-state index contributed by atoms with van der Waals surface area (Å²) in [6.45, 7) is 4.33. The van der Waals surface area contributed by atoms with E-state index in [0.717, 1.165) is 17.1 Å². The summed E-state index contributed by atoms with van der Waals surface area (Å²) >= 11 is 0. The highest BCUT2D eigenvalue weighted by molar-refractivity contribution is 5.85. The first-order valence-corrected chi connectivity index (χ1v) is 6.19. The number of nitrogens with zero attached hydrogens (tertiary/aromatic N) is 1. The Morgan fingerprint density at radius 2 is 2.00 bits per heavy atom. The fourth-order valence-corrected chi connectivity index (χ4v) is 2.25. The molecule has 5 heteroatoms. The lowest BCUT2D eigenvalue weighted by molar-refractivity contribution is -0.137. The average molecular weight is 271 g/mol. The number of aliphatic hydroxyl groups excluding tert-OH is 1. The van der Waals surface area contributed by atoms with Crippen LogP contribution in [0.2, 0.25) is 0 Å². The monoisotopic (exact) mass is 271 g/mol. The Kier molecular flexibility index (Phi) is 3.58. The van der Waals surface area contributed by atoms with Crippen LogP contribution < -0.4 is 0 Å². The summed E-state index contributed by atoms with van der Waals surface area (Å²) in [5.74, 6) is -0.182. The number of halogens is 3. The molecule has 0 aliphatic heterocycles. The summed E-state index contributed by atoms with van der Waals surface area (Å²) in [5.41, 5.74) is 0.872. The van der Waals surface area contributed by atoms with Gasteiger partial charge in [0.15, 0.2) is 0 Å². The normalized spacial score (nSPS) is 14.0. The van der Waals surface area contributed by atoms with Gasteiger partial charge in [-0.25, -0.2) is 0 Å². The molecular formula is C14H16F3NO. The van der Waals surface area contributed by atoms with Gasteiger partial charge >= 0.3 is 6.18 Å². The maximum Gasteiger partial charge on any atom is 0.416 e. The molecule has 104 valence electrons. The van der Waals surface area contributed by atoms with Gasteiger partial charge in [0.25, 0.3) is 0 Å². The molecule has 0 saturated carbocycles. The lowest BCUT2D eigenvalue weighted by atomic mass is 10.00. The Balaban J connectivity index is 2.68. The van der Waals surface area contributed by atoms with Gasteiger partial charge in [0.1, 0.15) is 0 Å². The lowest BCUT2D eigenvalue weighted by Gasteiger charge is -2.09. The van der Waals surface area contributed by atoms with Gasteiger partial charge in [-0.05, 0) is 30.7 Å². The third-order valence-corrected chi connectivity index (χ3v) is 3.38. The SMILES string of the molecule is CCn1cc(C(C)CO)c2cc(C(F)(F)F)ccc21. The zero-order valence-corrected chi connectivity index (χ0v) is 10.8. The molecule has 0 fully saturated rings. The molecule has 1 aromatic heterocycles. The Morgan fingerprint density at radius 3 is 2.53 bits per heavy atom. The molecule has 2 rings (SSSR count). The maximum atomic E-state index is 12.8. The standard InChI is InChI=1S/C14H16F3NO/c1-3-18-7-12(9(2)8-19)11-6-10(14(15,16)17)4-5-13(11)18/h4-7,9,19H,3,8H2,1-2H3. The molecule has 0 spiro atoms. The molecule has 0 amide bonds. The van der Waals surface area contributed by atoms with Crippen LogP contribution >= 0.6 is 0 Å². The van der Waals surface area contributed by atoms with Crippen molar-refractivity contribution < 1.29 is 18.3 Å². The minimum atomic E-state index is -4.35. The molecule has 1 unspecified atom stereocenters. The van der Waals surface area contributed by atoms with Gasteiger partial charge in [0.2, 0.25) is 0 Å². The summed E-state index contributed by atoms with van der Waals surface area (Å²) in [7, 11) is 0. The van der Waals surface area contributed by atoms with Crippen LogP contribution in [0.1, 0.15) is 30.9 Å². The number of rotatable bonds is 3. The summed E-state index contributed by atoms with van der Waals surface area (Å²) < 4.78 is 40.2. The second-order valence-corrected chi connectivity index (χ2v) is 4.68. The molecule has 0 aliphatic rings. The third-order valence-electron chi connectivity index (χ3n) is 3.38. The number of hydrogen-bond acceptors (Lipinski definition) is 1. The van der Waals surface area contributed by atoms with Crippen molar-refractivity contribution in [1.29, 1.82) is 0 Å². The largest absolute Gasteiger partial charge is 0.416 e. The predicted molar refractivity (Wildman–Crippen MR) is 68.1 cm³/mol. The van der Waals surface area contributed by atoms with Crippen molar-refractivity contribution in [3.8, 4) is 0 Å². The van der Waals surface area contributed by atoms with Gasteiger partial charge in [-0.2, -0.15) is 13.2 Å². The second-order valence-electron chi connectivity index (χ2n) is 4.68. The van der Waals surface area contributed by atoms with Crippen LogP contribution in [0.25, 0.3) is 10.9 Å². The molecule has 19 heavy (non-hydrogen) atoms. The molecule has 0 saturated heterocycles. The zero-order valence-electron chi connectivity index (χ0n) is 10.8. The fraction of sp³-hybridized carbons (Fsp3) is 0.429. The quantitative estimate of drug-likeness (QED) is 0.903. The second kappa shape index (κ2) is 4.89. The summed E-state index contributed by atoms with van der Waals surface area (Å²) in [6.07, 6.45) is -2.52. The van der Waals surface area contributed by atoms with Crippen LogP contribution in [0, 0.1) is 0 Å². The smallest absolute Gasteiger partial charge is 0.396 e. The lowest BCUT2D eigenvalue weighted by Crippen LogP contribution is -2.05. The van der Waals surface area contributed by atoms with Crippen LogP contribution in [-0.2, 0) is 12.7 Å². The van der Waals surface area contributed by atoms with E-state index in [1.807, 2.05) is 17.7 Å². The number of aryl methyl sites for hydroxylation is 1. The zero-order chi connectivity index (χ0) is 14.2. The molecule has 1 heterocycles. The van der Waals surface area contributed by atoms with Gasteiger partial charge in [0.05, 0.1) is 5.56 Å². The number of fused-ring (bicyclic) bond motifs is 1. The predicted octanol–water partition coefficient (Wildman–Crippen LogP) is 3.78. The van der Waals surface area contributed by atoms with Crippen LogP contribution in [0.4, 0.5) is 13.2 Å². The Hall–Kier alpha value is -1.49. The Morgan fingerprint density at radius 1 is 1.32 bits per heavy atom. The van der Waals surface area contributed by atoms with Crippen LogP contribution in [-0.4, -0.2) is 16.3 Å². The van der Waals surface area contributed by atoms with Gasteiger partial charge in [-0.1, -0.05) is 6.92 Å². The van der Waals surface area contributed by atoms with Gasteiger partial charge in [-0.15, -0.1) is 0 Å². The molecule has 1 aromatic carbocycles. The highest BCUT2D eigenvalue weighted by Gasteiger charge is 2.31. The summed E-state index contributed by atoms with van der Waals surface area (Å²) in [5, 5.41) is 9.80. The van der Waals surface area contributed by atoms with Gasteiger partial charge in [0, 0.05) is 36.2 Å². The highest BCUT2D eigenvalue weighted by Crippen LogP contribution is 2.34. The molecule has 1 N–H and O–H groups in total. The third kappa shape index (κ3) is 2.47. The first kappa shape index (κ1) is 13.9. The van der Waals surface area contributed by atoms with E-state index in [2.05, 4.69) is 0 Å². The highest BCUT2D eigenvalue weighted by atomic mass is 19.4. The Bertz CT molecular complexity index is 586. The van der Waals surface area contributed by atoms with E-state index in [1.54, 1.807) is 6.92 Å². The van der Waals surface area contributed by atoms with E-state index in [1.165, 1.54) is 12.1 Å². The number of aliphatic hydroxyl groups is 1. The van der Waals surface area contributed by atoms with E-state index in [0.29, 0.717) is 11.9 Å². The van der Waals surface area contributed by atoms with E-state index >= 15 is 0 Å². The first-order chi connectivity index (χ1) is 8.88. The minimum absolute atomic E-state index is 0.0843. The van der Waals surface area contributed by atoms with Crippen LogP contribution in [0.3, 0.4) is 0 Å². The molecule has 0 bridgehead atoms. The summed E-state index contributed by atoms with van der Waals surface area (Å²) in [4.78, 5) is 0. The van der Waals surface area contributed by atoms with Crippen molar-refractivity contribution in [1.82, 2.24) is 4.57 Å². The molecule has 0 radical (unpaired) electrons. The minimum Gasteiger partial charge on any atom is -0.396 e. The number of aromatic nitrogens is 1. The number of benzene rings is 1. The van der Waals surface area contributed by atoms with E-state index in [-0.39, 0.29) is 12.5 Å². The summed E-state index contributed by atoms with van der Waals surface area (Å²) in [6, 6.07) is 3.76. The van der Waals surface area contributed by atoms with Crippen molar-refractivity contribution in [2.75, 3.05) is 6.61 Å². The van der Waals surface area contributed by atoms with Crippen molar-refractivity contribution in [3.05, 3.63) is 35.5 Å². The molecule has 2 nitrogen and oxygen atoms in total. The number of hydrogen-bond donors (Lipinski definition) is 1. The van der Waals surface area contributed by atoms with Gasteiger partial charge in [-0.3, -0.25) is 0 Å². The van der Waals surface area contributed by atoms with E-state index < -0.39 is 11.7 Å². The average Bonchev–Trinajstić information content (AvgIpc) is 2.74. The van der Waals surface area contributed by atoms with Gasteiger partial charge < -0.3 is 9.67 Å². The molecule has 0 aliphatic carbocycles. The van der Waals surface area contributed by atoms with Crippen molar-refractivity contribution in [2.24, 2.45) is 0 Å². The first-order valence-electron chi connectivity index (χ1n) is 6.19. The molecule has 2 aromatic rings. The van der Waals surface area contributed by atoms with E-state index in [9.17, 15) is 18.3 Å². The molecular weight excluding hydrogens is 255 g/mol. The van der Waals surface area contributed by atoms with Crippen LogP contribution in [0.5, 0.6) is 0 Å². The topological polar surface area (TPSA) is 25.2 Å². The number of alkyl halides is 3. The van der Waals surface area contributed by atoms with Crippen molar-refractivity contribution in [3.63, 3.8) is 0 Å². The van der Waals surface area contributed by atoms with Crippen molar-refractivity contribution in [2.45, 2.75) is 32.5 Å². The van der Waals surface area contributed by atoms with E-state index in [4.69, 9.17) is 0 Å².